The Hall–Kier alpha value is 0.360. The number of aliphatic hydroxyl groups excluding tert-OH is 1. The fourth-order valence-electron chi connectivity index (χ4n) is 1.41. The van der Waals surface area contributed by atoms with Crippen LogP contribution in [0.2, 0.25) is 0 Å². The summed E-state index contributed by atoms with van der Waals surface area (Å²) in [7, 11) is 4.52. The van der Waals surface area contributed by atoms with E-state index in [9.17, 15) is 0 Å². The van der Waals surface area contributed by atoms with Crippen LogP contribution >= 0.6 is 0 Å². The number of β-amino-alcohol motifs (C(OH)–C–C–N with tert-alkyl or cyclic N) is 1. The quantitative estimate of drug-likeness (QED) is 0.503. The van der Waals surface area contributed by atoms with Crippen molar-refractivity contribution in [2.45, 2.75) is 0 Å². The van der Waals surface area contributed by atoms with Crippen molar-refractivity contribution in [3.8, 4) is 0 Å². The van der Waals surface area contributed by atoms with Crippen LogP contribution in [0, 0.1) is 0 Å². The third kappa shape index (κ3) is 3.85. The summed E-state index contributed by atoms with van der Waals surface area (Å²) in [6.45, 7) is 5.83. The van der Waals surface area contributed by atoms with Gasteiger partial charge in [-0.2, -0.15) is 0 Å². The van der Waals surface area contributed by atoms with E-state index >= 15 is 0 Å². The number of rotatable bonds is 2. The molecule has 12 heavy (non-hydrogen) atoms. The SMILES string of the molecule is C[N+]1(C)CCN(CCO)CC1.[Br-]. The van der Waals surface area contributed by atoms with Crippen LogP contribution in [0.25, 0.3) is 0 Å². The third-order valence-electron chi connectivity index (χ3n) is 2.46. The first-order valence-corrected chi connectivity index (χ1v) is 4.29. The van der Waals surface area contributed by atoms with E-state index in [0.717, 1.165) is 24.1 Å². The minimum atomic E-state index is 0. The maximum absolute atomic E-state index is 8.70. The summed E-state index contributed by atoms with van der Waals surface area (Å²) in [5, 5.41) is 8.70. The summed E-state index contributed by atoms with van der Waals surface area (Å²) in [6, 6.07) is 0. The maximum Gasteiger partial charge on any atom is 0.0912 e. The summed E-state index contributed by atoms with van der Waals surface area (Å²) in [5.41, 5.74) is 0. The van der Waals surface area contributed by atoms with E-state index in [1.54, 1.807) is 0 Å². The monoisotopic (exact) mass is 238 g/mol. The number of quaternary nitrogens is 1. The number of hydrogen-bond acceptors (Lipinski definition) is 2. The number of likely N-dealkylation sites (N-methyl/N-ethyl adjacent to an activating group) is 1. The van der Waals surface area contributed by atoms with Gasteiger partial charge in [0, 0.05) is 19.6 Å². The summed E-state index contributed by atoms with van der Waals surface area (Å²) < 4.78 is 1.13. The molecule has 0 radical (unpaired) electrons. The van der Waals surface area contributed by atoms with Crippen molar-refractivity contribution in [1.29, 1.82) is 0 Å². The molecule has 0 spiro atoms. The molecule has 1 N–H and O–H groups in total. The second-order valence-corrected chi connectivity index (χ2v) is 3.95. The highest BCUT2D eigenvalue weighted by atomic mass is 79.9. The van der Waals surface area contributed by atoms with E-state index in [0.29, 0.717) is 6.61 Å². The van der Waals surface area contributed by atoms with Crippen molar-refractivity contribution in [2.24, 2.45) is 0 Å². The Morgan fingerprint density at radius 2 is 1.75 bits per heavy atom. The second-order valence-electron chi connectivity index (χ2n) is 3.95. The largest absolute Gasteiger partial charge is 1.00 e. The van der Waals surface area contributed by atoms with Gasteiger partial charge >= 0.3 is 0 Å². The van der Waals surface area contributed by atoms with Crippen LogP contribution in [0.3, 0.4) is 0 Å². The fraction of sp³-hybridized carbons (Fsp3) is 1.00. The first-order valence-electron chi connectivity index (χ1n) is 4.29. The molecule has 0 unspecified atom stereocenters. The van der Waals surface area contributed by atoms with E-state index in [1.807, 2.05) is 0 Å². The van der Waals surface area contributed by atoms with Crippen molar-refractivity contribution < 1.29 is 26.6 Å². The van der Waals surface area contributed by atoms with Gasteiger partial charge in [0.15, 0.2) is 0 Å². The van der Waals surface area contributed by atoms with Gasteiger partial charge in [-0.05, 0) is 0 Å². The van der Waals surface area contributed by atoms with Gasteiger partial charge in [0.1, 0.15) is 0 Å². The molecular formula is C8H19BrN2O. The average molecular weight is 239 g/mol. The number of hydrogen-bond donors (Lipinski definition) is 1. The van der Waals surface area contributed by atoms with Crippen molar-refractivity contribution >= 4 is 0 Å². The third-order valence-corrected chi connectivity index (χ3v) is 2.46. The maximum atomic E-state index is 8.70. The normalized spacial score (nSPS) is 23.2. The first-order chi connectivity index (χ1) is 5.14. The molecule has 1 aliphatic rings. The number of aliphatic hydroxyl groups is 1. The molecule has 0 aliphatic carbocycles. The second kappa shape index (κ2) is 5.17. The van der Waals surface area contributed by atoms with E-state index in [-0.39, 0.29) is 17.0 Å². The Labute approximate surface area is 85.3 Å². The van der Waals surface area contributed by atoms with Crippen molar-refractivity contribution in [1.82, 2.24) is 4.90 Å². The molecule has 0 saturated carbocycles. The van der Waals surface area contributed by atoms with Gasteiger partial charge in [0.25, 0.3) is 0 Å². The number of piperazine rings is 1. The molecule has 1 aliphatic heterocycles. The molecule has 0 amide bonds. The predicted molar refractivity (Wildman–Crippen MR) is 45.4 cm³/mol. The minimum absolute atomic E-state index is 0. The highest BCUT2D eigenvalue weighted by molar-refractivity contribution is 4.60. The Bertz CT molecular complexity index is 120. The minimum Gasteiger partial charge on any atom is -1.00 e. The predicted octanol–water partition coefficient (Wildman–Crippen LogP) is -3.63. The zero-order chi connectivity index (χ0) is 8.32. The molecule has 74 valence electrons. The van der Waals surface area contributed by atoms with Crippen LogP contribution < -0.4 is 17.0 Å². The van der Waals surface area contributed by atoms with Gasteiger partial charge in [-0.1, -0.05) is 0 Å². The molecule has 1 saturated heterocycles. The highest BCUT2D eigenvalue weighted by Gasteiger charge is 2.23. The lowest BCUT2D eigenvalue weighted by atomic mass is 10.3. The Balaban J connectivity index is 0.00000121. The van der Waals surface area contributed by atoms with Crippen molar-refractivity contribution in [3.05, 3.63) is 0 Å². The molecular weight excluding hydrogens is 220 g/mol. The summed E-state index contributed by atoms with van der Waals surface area (Å²) >= 11 is 0. The lowest BCUT2D eigenvalue weighted by Crippen LogP contribution is -3.00. The molecule has 1 fully saturated rings. The standard InChI is InChI=1S/C8H19N2O.BrH/c1-10(2)6-3-9(4-7-10)5-8-11;/h11H,3-8H2,1-2H3;1H/q+1;/p-1. The van der Waals surface area contributed by atoms with E-state index < -0.39 is 0 Å². The number of halogens is 1. The van der Waals surface area contributed by atoms with Crippen LogP contribution in [-0.4, -0.2) is 67.9 Å². The van der Waals surface area contributed by atoms with Crippen LogP contribution in [0.15, 0.2) is 0 Å². The molecule has 1 heterocycles. The molecule has 0 atom stereocenters. The molecule has 1 rings (SSSR count). The smallest absolute Gasteiger partial charge is 0.0912 e. The fourth-order valence-corrected chi connectivity index (χ4v) is 1.41. The van der Waals surface area contributed by atoms with Gasteiger partial charge in [0.2, 0.25) is 0 Å². The highest BCUT2D eigenvalue weighted by Crippen LogP contribution is 2.05. The van der Waals surface area contributed by atoms with Gasteiger partial charge in [-0.3, -0.25) is 4.90 Å². The Morgan fingerprint density at radius 1 is 1.25 bits per heavy atom. The number of nitrogens with zero attached hydrogens (tertiary/aromatic N) is 2. The van der Waals surface area contributed by atoms with Crippen LogP contribution in [0.5, 0.6) is 0 Å². The lowest BCUT2D eigenvalue weighted by molar-refractivity contribution is -0.894. The zero-order valence-corrected chi connectivity index (χ0v) is 9.55. The molecule has 3 nitrogen and oxygen atoms in total. The zero-order valence-electron chi connectivity index (χ0n) is 7.96. The van der Waals surface area contributed by atoms with Gasteiger partial charge in [-0.15, -0.1) is 0 Å². The van der Waals surface area contributed by atoms with Gasteiger partial charge < -0.3 is 26.6 Å². The van der Waals surface area contributed by atoms with Crippen LogP contribution in [-0.2, 0) is 0 Å². The summed E-state index contributed by atoms with van der Waals surface area (Å²) in [4.78, 5) is 2.32. The molecule has 0 aromatic carbocycles. The van der Waals surface area contributed by atoms with Gasteiger partial charge in [-0.25, -0.2) is 0 Å². The van der Waals surface area contributed by atoms with E-state index in [1.165, 1.54) is 13.1 Å². The Kier molecular flexibility index (Phi) is 5.32. The van der Waals surface area contributed by atoms with Crippen molar-refractivity contribution in [3.63, 3.8) is 0 Å². The van der Waals surface area contributed by atoms with Gasteiger partial charge in [0.05, 0.1) is 33.8 Å². The average Bonchev–Trinajstić information content (AvgIpc) is 1.94. The van der Waals surface area contributed by atoms with E-state index in [2.05, 4.69) is 19.0 Å². The first kappa shape index (κ1) is 12.4. The summed E-state index contributed by atoms with van der Waals surface area (Å²) in [5.74, 6) is 0. The topological polar surface area (TPSA) is 23.5 Å². The summed E-state index contributed by atoms with van der Waals surface area (Å²) in [6.07, 6.45) is 0. The molecule has 0 aromatic heterocycles. The molecule has 4 heteroatoms. The Morgan fingerprint density at radius 3 is 2.17 bits per heavy atom. The molecule has 0 bridgehead atoms. The van der Waals surface area contributed by atoms with Crippen LogP contribution in [0.1, 0.15) is 0 Å². The molecule has 0 aromatic rings. The van der Waals surface area contributed by atoms with E-state index in [4.69, 9.17) is 5.11 Å². The lowest BCUT2D eigenvalue weighted by Gasteiger charge is -2.38. The van der Waals surface area contributed by atoms with Crippen LogP contribution in [0.4, 0.5) is 0 Å². The van der Waals surface area contributed by atoms with Crippen molar-refractivity contribution in [2.75, 3.05) is 53.4 Å².